The number of allylic oxidation sites excluding steroid dienone is 1. The van der Waals surface area contributed by atoms with Crippen molar-refractivity contribution < 1.29 is 13.7 Å². The Labute approximate surface area is 213 Å². The van der Waals surface area contributed by atoms with Crippen molar-refractivity contribution in [3.63, 3.8) is 0 Å². The van der Waals surface area contributed by atoms with Crippen LogP contribution in [0.1, 0.15) is 48.1 Å². The summed E-state index contributed by atoms with van der Waals surface area (Å²) < 4.78 is 18.0. The van der Waals surface area contributed by atoms with Gasteiger partial charge in [0.05, 0.1) is 22.0 Å². The van der Waals surface area contributed by atoms with Crippen molar-refractivity contribution in [2.24, 2.45) is 17.6 Å². The predicted octanol–water partition coefficient (Wildman–Crippen LogP) is 3.21. The van der Waals surface area contributed by atoms with Gasteiger partial charge in [-0.1, -0.05) is 24.3 Å². The summed E-state index contributed by atoms with van der Waals surface area (Å²) in [7, 11) is -1.12. The van der Waals surface area contributed by atoms with Crippen molar-refractivity contribution in [2.45, 2.75) is 55.4 Å². The van der Waals surface area contributed by atoms with Gasteiger partial charge in [0.2, 0.25) is 5.95 Å². The molecule has 2 aromatic rings. The molecule has 0 bridgehead atoms. The molecular weight excluding hydrogens is 474 g/mol. The number of anilines is 2. The van der Waals surface area contributed by atoms with Crippen LogP contribution in [0.2, 0.25) is 0 Å². The Hall–Kier alpha value is -2.94. The zero-order valence-corrected chi connectivity index (χ0v) is 21.1. The number of ether oxygens (including phenoxy) is 1. The summed E-state index contributed by atoms with van der Waals surface area (Å²) in [6.07, 6.45) is 8.65. The first-order chi connectivity index (χ1) is 17.5. The number of nitrogens with zero attached hydrogens (tertiary/aromatic N) is 3. The van der Waals surface area contributed by atoms with Crippen LogP contribution in [-0.2, 0) is 34.8 Å². The van der Waals surface area contributed by atoms with E-state index < -0.39 is 22.4 Å². The number of rotatable bonds is 6. The van der Waals surface area contributed by atoms with Gasteiger partial charge in [0.15, 0.2) is 0 Å². The molecule has 1 aromatic heterocycles. The SMILES string of the molecule is NC(=O)OCC1(Nc2nc(N3C[C@H]4CC(c5ccc6c(c5)CC6)=C[C@H]4C3)nc3c2[S@@](=O)CC3)CCC1. The van der Waals surface area contributed by atoms with Crippen LogP contribution in [-0.4, -0.2) is 51.3 Å². The van der Waals surface area contributed by atoms with Crippen LogP contribution in [0.3, 0.4) is 0 Å². The summed E-state index contributed by atoms with van der Waals surface area (Å²) in [5, 5.41) is 3.52. The predicted molar refractivity (Wildman–Crippen MR) is 138 cm³/mol. The van der Waals surface area contributed by atoms with Gasteiger partial charge in [-0.15, -0.1) is 0 Å². The molecule has 3 N–H and O–H groups in total. The minimum Gasteiger partial charge on any atom is -0.447 e. The Kier molecular flexibility index (Phi) is 5.13. The molecule has 3 atom stereocenters. The summed E-state index contributed by atoms with van der Waals surface area (Å²) in [6, 6.07) is 6.99. The van der Waals surface area contributed by atoms with Crippen molar-refractivity contribution in [2.75, 3.05) is 35.7 Å². The van der Waals surface area contributed by atoms with E-state index in [-0.39, 0.29) is 6.61 Å². The van der Waals surface area contributed by atoms with Crippen LogP contribution >= 0.6 is 0 Å². The lowest BCUT2D eigenvalue weighted by Gasteiger charge is -2.42. The van der Waals surface area contributed by atoms with Gasteiger partial charge in [-0.05, 0) is 72.6 Å². The number of nitrogens with two attached hydrogens (primary N) is 1. The number of aryl methyl sites for hydroxylation is 3. The van der Waals surface area contributed by atoms with Crippen LogP contribution in [0, 0.1) is 11.8 Å². The Morgan fingerprint density at radius 2 is 2.06 bits per heavy atom. The van der Waals surface area contributed by atoms with Gasteiger partial charge in [0.1, 0.15) is 17.3 Å². The van der Waals surface area contributed by atoms with E-state index in [9.17, 15) is 9.00 Å². The highest BCUT2D eigenvalue weighted by atomic mass is 32.2. The van der Waals surface area contributed by atoms with E-state index in [1.807, 2.05) is 0 Å². The standard InChI is InChI=1S/C27H31N5O3S/c28-25(33)35-15-27(7-1-8-27)31-24-23-22(6-9-36(23)34)29-26(30-24)32-13-20-11-19(12-21(20)14-32)18-5-3-16-2-4-17(16)10-18/h3,5,10-11,20-21H,1-2,4,6-9,12-15H2,(H2,28,33)(H,29,30,31)/t20-,21+,36-/m0/s1. The zero-order chi connectivity index (χ0) is 24.4. The maximum absolute atomic E-state index is 12.8. The fraction of sp³-hybridized carbons (Fsp3) is 0.519. The maximum atomic E-state index is 12.8. The van der Waals surface area contributed by atoms with Gasteiger partial charge >= 0.3 is 6.09 Å². The van der Waals surface area contributed by atoms with Crippen molar-refractivity contribution in [1.82, 2.24) is 9.97 Å². The minimum absolute atomic E-state index is 0.188. The Morgan fingerprint density at radius 1 is 1.19 bits per heavy atom. The average Bonchev–Trinajstić information content (AvgIpc) is 3.49. The lowest BCUT2D eigenvalue weighted by Crippen LogP contribution is -2.50. The molecule has 0 spiro atoms. The van der Waals surface area contributed by atoms with Crippen molar-refractivity contribution >= 4 is 34.2 Å². The number of primary amides is 1. The third-order valence-electron chi connectivity index (χ3n) is 8.77. The highest BCUT2D eigenvalue weighted by Crippen LogP contribution is 2.44. The quantitative estimate of drug-likeness (QED) is 0.620. The monoisotopic (exact) mass is 505 g/mol. The fourth-order valence-corrected chi connectivity index (χ4v) is 7.77. The second kappa shape index (κ2) is 8.30. The first-order valence-corrected chi connectivity index (χ1v) is 14.4. The molecule has 1 saturated heterocycles. The lowest BCUT2D eigenvalue weighted by atomic mass is 9.77. The number of amides is 1. The van der Waals surface area contributed by atoms with E-state index >= 15 is 0 Å². The molecule has 188 valence electrons. The number of carbonyl (C=O) groups is 1. The summed E-state index contributed by atoms with van der Waals surface area (Å²) >= 11 is 0. The molecule has 1 amide bonds. The number of benzene rings is 1. The minimum atomic E-state index is -1.12. The van der Waals surface area contributed by atoms with Crippen LogP contribution in [0.25, 0.3) is 5.57 Å². The third-order valence-corrected chi connectivity index (χ3v) is 10.2. The van der Waals surface area contributed by atoms with E-state index in [1.165, 1.54) is 35.1 Å². The largest absolute Gasteiger partial charge is 0.447 e. The fourth-order valence-electron chi connectivity index (χ4n) is 6.46. The van der Waals surface area contributed by atoms with E-state index in [0.717, 1.165) is 44.5 Å². The third kappa shape index (κ3) is 3.70. The molecular formula is C27H31N5O3S. The van der Waals surface area contributed by atoms with E-state index in [4.69, 9.17) is 20.4 Å². The van der Waals surface area contributed by atoms with E-state index in [2.05, 4.69) is 34.5 Å². The normalized spacial score (nSPS) is 26.8. The lowest BCUT2D eigenvalue weighted by molar-refractivity contribution is 0.101. The number of carbonyl (C=O) groups excluding carboxylic acids is 1. The van der Waals surface area contributed by atoms with Gasteiger partial charge in [-0.2, -0.15) is 4.98 Å². The van der Waals surface area contributed by atoms with Crippen molar-refractivity contribution in [3.8, 4) is 0 Å². The Morgan fingerprint density at radius 3 is 2.75 bits per heavy atom. The highest BCUT2D eigenvalue weighted by molar-refractivity contribution is 7.85. The number of fused-ring (bicyclic) bond motifs is 3. The van der Waals surface area contributed by atoms with Crippen LogP contribution in [0.4, 0.5) is 16.6 Å². The van der Waals surface area contributed by atoms with E-state index in [0.29, 0.717) is 40.7 Å². The van der Waals surface area contributed by atoms with Gasteiger partial charge < -0.3 is 20.7 Å². The van der Waals surface area contributed by atoms with Crippen LogP contribution in [0.15, 0.2) is 29.2 Å². The molecule has 1 saturated carbocycles. The number of nitrogens with one attached hydrogen (secondary N) is 1. The topological polar surface area (TPSA) is 110 Å². The Balaban J connectivity index is 1.13. The Bertz CT molecular complexity index is 1320. The van der Waals surface area contributed by atoms with Crippen LogP contribution < -0.4 is 16.0 Å². The molecule has 0 radical (unpaired) electrons. The molecule has 0 unspecified atom stereocenters. The molecule has 8 nitrogen and oxygen atoms in total. The molecule has 2 fully saturated rings. The molecule has 36 heavy (non-hydrogen) atoms. The van der Waals surface area contributed by atoms with E-state index in [1.54, 1.807) is 0 Å². The summed E-state index contributed by atoms with van der Waals surface area (Å²) in [6.45, 7) is 2.01. The molecule has 9 heteroatoms. The smallest absolute Gasteiger partial charge is 0.404 e. The van der Waals surface area contributed by atoms with Gasteiger partial charge in [0, 0.05) is 25.3 Å². The average molecular weight is 506 g/mol. The molecule has 2 aliphatic heterocycles. The second-order valence-electron chi connectivity index (χ2n) is 11.0. The molecule has 3 aliphatic carbocycles. The molecule has 3 heterocycles. The highest BCUT2D eigenvalue weighted by Gasteiger charge is 2.42. The molecule has 5 aliphatic rings. The first kappa shape index (κ1) is 22.3. The van der Waals surface area contributed by atoms with Gasteiger partial charge in [0.25, 0.3) is 0 Å². The molecule has 7 rings (SSSR count). The summed E-state index contributed by atoms with van der Waals surface area (Å²) in [5.74, 6) is 2.98. The zero-order valence-electron chi connectivity index (χ0n) is 20.3. The van der Waals surface area contributed by atoms with Gasteiger partial charge in [-0.3, -0.25) is 4.21 Å². The van der Waals surface area contributed by atoms with Gasteiger partial charge in [-0.25, -0.2) is 9.78 Å². The van der Waals surface area contributed by atoms with Crippen molar-refractivity contribution in [3.05, 3.63) is 46.7 Å². The van der Waals surface area contributed by atoms with Crippen LogP contribution in [0.5, 0.6) is 0 Å². The maximum Gasteiger partial charge on any atom is 0.404 e. The number of aromatic nitrogens is 2. The second-order valence-corrected chi connectivity index (χ2v) is 12.5. The first-order valence-electron chi connectivity index (χ1n) is 13.0. The number of hydrogen-bond acceptors (Lipinski definition) is 7. The number of hydrogen-bond donors (Lipinski definition) is 2. The summed E-state index contributed by atoms with van der Waals surface area (Å²) in [4.78, 5) is 24.0. The van der Waals surface area contributed by atoms with Crippen molar-refractivity contribution in [1.29, 1.82) is 0 Å². The molecule has 1 aromatic carbocycles. The summed E-state index contributed by atoms with van der Waals surface area (Å²) in [5.41, 5.74) is 11.6.